The molecule has 21 heavy (non-hydrogen) atoms. The van der Waals surface area contributed by atoms with E-state index in [0.29, 0.717) is 29.1 Å². The zero-order valence-electron chi connectivity index (χ0n) is 12.8. The zero-order valence-corrected chi connectivity index (χ0v) is 15.2. The van der Waals surface area contributed by atoms with E-state index >= 15 is 0 Å². The molecule has 1 rings (SSSR count). The number of ether oxygens (including phenoxy) is 1. The lowest BCUT2D eigenvalue weighted by atomic mass is 10.0. The van der Waals surface area contributed by atoms with Crippen LogP contribution in [-0.4, -0.2) is 39.5 Å². The molecule has 1 unspecified atom stereocenters. The van der Waals surface area contributed by atoms with Crippen LogP contribution < -0.4 is 10.5 Å². The highest BCUT2D eigenvalue weighted by atomic mass is 79.9. The van der Waals surface area contributed by atoms with Crippen molar-refractivity contribution in [2.45, 2.75) is 31.2 Å². The first kappa shape index (κ1) is 18.4. The Kier molecular flexibility index (Phi) is 6.65. The van der Waals surface area contributed by atoms with Gasteiger partial charge in [0, 0.05) is 24.1 Å². The van der Waals surface area contributed by atoms with Crippen molar-refractivity contribution >= 4 is 26.0 Å². The van der Waals surface area contributed by atoms with Gasteiger partial charge in [-0.05, 0) is 30.5 Å². The Bertz CT molecular complexity index is 576. The van der Waals surface area contributed by atoms with Crippen molar-refractivity contribution in [2.24, 2.45) is 11.7 Å². The summed E-state index contributed by atoms with van der Waals surface area (Å²) in [7, 11) is -0.589. The first-order chi connectivity index (χ1) is 9.70. The number of benzene rings is 1. The normalized spacial score (nSPS) is 13.7. The summed E-state index contributed by atoms with van der Waals surface area (Å²) in [6.45, 7) is 4.42. The largest absolute Gasteiger partial charge is 0.495 e. The van der Waals surface area contributed by atoms with Gasteiger partial charge in [0.05, 0.1) is 7.11 Å². The Labute approximate surface area is 135 Å². The molecule has 2 N–H and O–H groups in total. The maximum absolute atomic E-state index is 12.6. The van der Waals surface area contributed by atoms with Crippen molar-refractivity contribution in [1.82, 2.24) is 4.31 Å². The predicted octanol–water partition coefficient (Wildman–Crippen LogP) is 2.45. The standard InChI is InChI=1S/C14H23BrN2O3S/c1-10(2)12(16)7-8-17(3)21(18,19)14-9-11(15)5-6-13(14)20-4/h5-6,9-10,12H,7-8,16H2,1-4H3. The second kappa shape index (κ2) is 7.58. The average molecular weight is 379 g/mol. The van der Waals surface area contributed by atoms with E-state index < -0.39 is 10.0 Å². The Balaban J connectivity index is 2.97. The van der Waals surface area contributed by atoms with Gasteiger partial charge in [-0.2, -0.15) is 0 Å². The fraction of sp³-hybridized carbons (Fsp3) is 0.571. The van der Waals surface area contributed by atoms with Crippen molar-refractivity contribution in [2.75, 3.05) is 20.7 Å². The Hall–Kier alpha value is -0.630. The van der Waals surface area contributed by atoms with E-state index in [9.17, 15) is 8.42 Å². The first-order valence-electron chi connectivity index (χ1n) is 6.75. The lowest BCUT2D eigenvalue weighted by Crippen LogP contribution is -2.34. The van der Waals surface area contributed by atoms with Crippen LogP contribution in [0.15, 0.2) is 27.6 Å². The fourth-order valence-electron chi connectivity index (χ4n) is 1.80. The molecule has 0 aliphatic rings. The van der Waals surface area contributed by atoms with Crippen molar-refractivity contribution in [1.29, 1.82) is 0 Å². The van der Waals surface area contributed by atoms with Crippen LogP contribution in [0.2, 0.25) is 0 Å². The minimum absolute atomic E-state index is 0.0212. The van der Waals surface area contributed by atoms with Gasteiger partial charge in [-0.15, -0.1) is 0 Å². The third kappa shape index (κ3) is 4.67. The van der Waals surface area contributed by atoms with Gasteiger partial charge in [0.15, 0.2) is 0 Å². The summed E-state index contributed by atoms with van der Waals surface area (Å²) in [4.78, 5) is 0.153. The molecule has 1 aromatic carbocycles. The van der Waals surface area contributed by atoms with Gasteiger partial charge in [-0.25, -0.2) is 12.7 Å². The van der Waals surface area contributed by atoms with Crippen LogP contribution in [0.3, 0.4) is 0 Å². The maximum Gasteiger partial charge on any atom is 0.246 e. The predicted molar refractivity (Wildman–Crippen MR) is 87.9 cm³/mol. The summed E-state index contributed by atoms with van der Waals surface area (Å²) < 4.78 is 32.4. The van der Waals surface area contributed by atoms with E-state index in [0.717, 1.165) is 0 Å². The highest BCUT2D eigenvalue weighted by molar-refractivity contribution is 9.10. The summed E-state index contributed by atoms with van der Waals surface area (Å²) in [6.07, 6.45) is 0.615. The van der Waals surface area contributed by atoms with Gasteiger partial charge >= 0.3 is 0 Å². The topological polar surface area (TPSA) is 72.6 Å². The minimum atomic E-state index is -3.60. The molecule has 1 atom stereocenters. The molecule has 7 heteroatoms. The van der Waals surface area contributed by atoms with Crippen molar-refractivity contribution < 1.29 is 13.2 Å². The molecule has 0 amide bonds. The Morgan fingerprint density at radius 2 is 2.00 bits per heavy atom. The second-order valence-electron chi connectivity index (χ2n) is 5.32. The number of methoxy groups -OCH3 is 1. The monoisotopic (exact) mass is 378 g/mol. The number of halogens is 1. The molecule has 0 heterocycles. The van der Waals surface area contributed by atoms with Gasteiger partial charge in [0.1, 0.15) is 10.6 Å². The fourth-order valence-corrected chi connectivity index (χ4v) is 3.68. The number of nitrogens with two attached hydrogens (primary N) is 1. The van der Waals surface area contributed by atoms with Crippen LogP contribution in [0.4, 0.5) is 0 Å². The Morgan fingerprint density at radius 3 is 2.52 bits per heavy atom. The van der Waals surface area contributed by atoms with Gasteiger partial charge in [-0.3, -0.25) is 0 Å². The molecule has 0 spiro atoms. The van der Waals surface area contributed by atoms with Crippen LogP contribution in [0.25, 0.3) is 0 Å². The van der Waals surface area contributed by atoms with Crippen molar-refractivity contribution in [3.63, 3.8) is 0 Å². The molecular formula is C14H23BrN2O3S. The zero-order chi connectivity index (χ0) is 16.2. The smallest absolute Gasteiger partial charge is 0.246 e. The van der Waals surface area contributed by atoms with Crippen LogP contribution in [0.1, 0.15) is 20.3 Å². The molecule has 120 valence electrons. The van der Waals surface area contributed by atoms with Crippen LogP contribution in [0, 0.1) is 5.92 Å². The molecule has 0 saturated heterocycles. The van der Waals surface area contributed by atoms with Crippen molar-refractivity contribution in [3.8, 4) is 5.75 Å². The summed E-state index contributed by atoms with van der Waals surface area (Å²) in [5.74, 6) is 0.653. The SMILES string of the molecule is COc1ccc(Br)cc1S(=O)(=O)N(C)CCC(N)C(C)C. The van der Waals surface area contributed by atoms with Crippen LogP contribution in [0.5, 0.6) is 5.75 Å². The quantitative estimate of drug-likeness (QED) is 0.790. The van der Waals surface area contributed by atoms with Gasteiger partial charge in [-0.1, -0.05) is 29.8 Å². The Morgan fingerprint density at radius 1 is 1.38 bits per heavy atom. The molecular weight excluding hydrogens is 356 g/mol. The highest BCUT2D eigenvalue weighted by Gasteiger charge is 2.25. The number of hydrogen-bond donors (Lipinski definition) is 1. The molecule has 0 aromatic heterocycles. The number of rotatable bonds is 7. The molecule has 1 aromatic rings. The van der Waals surface area contributed by atoms with E-state index in [2.05, 4.69) is 15.9 Å². The lowest BCUT2D eigenvalue weighted by molar-refractivity contribution is 0.386. The molecule has 0 bridgehead atoms. The first-order valence-corrected chi connectivity index (χ1v) is 8.99. The van der Waals surface area contributed by atoms with E-state index in [1.807, 2.05) is 13.8 Å². The third-order valence-electron chi connectivity index (χ3n) is 3.45. The number of sulfonamides is 1. The van der Waals surface area contributed by atoms with E-state index in [4.69, 9.17) is 10.5 Å². The van der Waals surface area contributed by atoms with E-state index in [1.165, 1.54) is 11.4 Å². The van der Waals surface area contributed by atoms with E-state index in [-0.39, 0.29) is 10.9 Å². The summed E-state index contributed by atoms with van der Waals surface area (Å²) >= 11 is 3.29. The van der Waals surface area contributed by atoms with Gasteiger partial charge in [0.2, 0.25) is 10.0 Å². The summed E-state index contributed by atoms with van der Waals surface area (Å²) in [5.41, 5.74) is 5.97. The summed E-state index contributed by atoms with van der Waals surface area (Å²) in [5, 5.41) is 0. The average Bonchev–Trinajstić information content (AvgIpc) is 2.43. The van der Waals surface area contributed by atoms with Crippen molar-refractivity contribution in [3.05, 3.63) is 22.7 Å². The third-order valence-corrected chi connectivity index (χ3v) is 5.82. The highest BCUT2D eigenvalue weighted by Crippen LogP contribution is 2.29. The molecule has 0 fully saturated rings. The molecule has 0 aliphatic heterocycles. The van der Waals surface area contributed by atoms with Gasteiger partial charge < -0.3 is 10.5 Å². The van der Waals surface area contributed by atoms with Crippen LogP contribution in [-0.2, 0) is 10.0 Å². The summed E-state index contributed by atoms with van der Waals surface area (Å²) in [6, 6.07) is 4.90. The lowest BCUT2D eigenvalue weighted by Gasteiger charge is -2.22. The number of hydrogen-bond acceptors (Lipinski definition) is 4. The second-order valence-corrected chi connectivity index (χ2v) is 8.25. The maximum atomic E-state index is 12.6. The minimum Gasteiger partial charge on any atom is -0.495 e. The molecule has 0 saturated carbocycles. The molecule has 5 nitrogen and oxygen atoms in total. The van der Waals surface area contributed by atoms with E-state index in [1.54, 1.807) is 25.2 Å². The van der Waals surface area contributed by atoms with Crippen LogP contribution >= 0.6 is 15.9 Å². The number of nitrogens with zero attached hydrogens (tertiary/aromatic N) is 1. The molecule has 0 radical (unpaired) electrons. The van der Waals surface area contributed by atoms with Gasteiger partial charge in [0.25, 0.3) is 0 Å². The molecule has 0 aliphatic carbocycles.